The van der Waals surface area contributed by atoms with E-state index in [1.807, 2.05) is 57.4 Å². The lowest BCUT2D eigenvalue weighted by atomic mass is 10.0. The molecule has 0 aliphatic heterocycles. The lowest BCUT2D eigenvalue weighted by molar-refractivity contribution is -0.113. The number of aromatic nitrogens is 3. The Morgan fingerprint density at radius 2 is 1.80 bits per heavy atom. The van der Waals surface area contributed by atoms with Crippen LogP contribution in [-0.4, -0.2) is 39.4 Å². The smallest absolute Gasteiger partial charge is 0.251 e. The van der Waals surface area contributed by atoms with E-state index in [4.69, 9.17) is 4.74 Å². The van der Waals surface area contributed by atoms with E-state index in [2.05, 4.69) is 20.8 Å². The Hall–Kier alpha value is -3.33. The molecule has 35 heavy (non-hydrogen) atoms. The molecule has 2 amide bonds. The van der Waals surface area contributed by atoms with Crippen LogP contribution in [0.5, 0.6) is 5.75 Å². The Balaban J connectivity index is 1.71. The quantitative estimate of drug-likeness (QED) is 0.393. The van der Waals surface area contributed by atoms with Gasteiger partial charge in [-0.25, -0.2) is 0 Å². The highest BCUT2D eigenvalue weighted by Gasteiger charge is 2.26. The van der Waals surface area contributed by atoms with Gasteiger partial charge in [0.05, 0.1) is 18.9 Å². The first-order valence-corrected chi connectivity index (χ1v) is 12.6. The highest BCUT2D eigenvalue weighted by Crippen LogP contribution is 2.26. The SMILES string of the molecule is CCn1c(SCC(=O)Nc2cc(C)ccc2C)nnc1[C@H](NC(=O)c1ccc(OC)cc1)C(C)C. The lowest BCUT2D eigenvalue weighted by Crippen LogP contribution is -2.33. The molecule has 0 unspecified atom stereocenters. The molecular formula is C26H33N5O3S. The number of ether oxygens (including phenoxy) is 1. The Labute approximate surface area is 210 Å². The number of carbonyl (C=O) groups is 2. The van der Waals surface area contributed by atoms with Crippen LogP contribution in [-0.2, 0) is 11.3 Å². The second-order valence-electron chi connectivity index (χ2n) is 8.66. The topological polar surface area (TPSA) is 98.1 Å². The molecule has 0 bridgehead atoms. The summed E-state index contributed by atoms with van der Waals surface area (Å²) in [5.41, 5.74) is 3.46. The van der Waals surface area contributed by atoms with Gasteiger partial charge in [-0.05, 0) is 68.1 Å². The van der Waals surface area contributed by atoms with Gasteiger partial charge in [-0.1, -0.05) is 37.7 Å². The van der Waals surface area contributed by atoms with Crippen LogP contribution in [0.4, 0.5) is 5.69 Å². The van der Waals surface area contributed by atoms with Gasteiger partial charge in [0.1, 0.15) is 5.75 Å². The fourth-order valence-corrected chi connectivity index (χ4v) is 4.43. The zero-order valence-electron chi connectivity index (χ0n) is 21.1. The minimum atomic E-state index is -0.338. The average Bonchev–Trinajstić information content (AvgIpc) is 3.25. The van der Waals surface area contributed by atoms with Crippen LogP contribution >= 0.6 is 11.8 Å². The van der Waals surface area contributed by atoms with Crippen molar-refractivity contribution >= 4 is 29.3 Å². The van der Waals surface area contributed by atoms with Gasteiger partial charge < -0.3 is 19.9 Å². The molecule has 0 aliphatic rings. The van der Waals surface area contributed by atoms with Crippen molar-refractivity contribution in [1.29, 1.82) is 0 Å². The number of hydrogen-bond donors (Lipinski definition) is 2. The molecule has 0 saturated heterocycles. The first-order chi connectivity index (χ1) is 16.7. The molecule has 2 aromatic carbocycles. The summed E-state index contributed by atoms with van der Waals surface area (Å²) >= 11 is 1.33. The molecular weight excluding hydrogens is 462 g/mol. The standard InChI is InChI=1S/C26H33N5O3S/c1-7-31-24(23(16(2)3)28-25(33)19-10-12-20(34-6)13-11-19)29-30-26(31)35-15-22(32)27-21-14-17(4)8-9-18(21)5/h8-14,16,23H,7,15H2,1-6H3,(H,27,32)(H,28,33)/t23-/m1/s1. The molecule has 2 N–H and O–H groups in total. The second kappa shape index (κ2) is 11.9. The Morgan fingerprint density at radius 3 is 2.43 bits per heavy atom. The summed E-state index contributed by atoms with van der Waals surface area (Å²) in [6, 6.07) is 12.6. The van der Waals surface area contributed by atoms with E-state index >= 15 is 0 Å². The summed E-state index contributed by atoms with van der Waals surface area (Å²) in [6.07, 6.45) is 0. The molecule has 0 aliphatic carbocycles. The molecule has 9 heteroatoms. The predicted molar refractivity (Wildman–Crippen MR) is 139 cm³/mol. The van der Waals surface area contributed by atoms with Crippen LogP contribution in [0.1, 0.15) is 54.1 Å². The van der Waals surface area contributed by atoms with E-state index in [0.717, 1.165) is 16.8 Å². The molecule has 8 nitrogen and oxygen atoms in total. The number of amides is 2. The summed E-state index contributed by atoms with van der Waals surface area (Å²) in [7, 11) is 1.59. The molecule has 186 valence electrons. The maximum atomic E-state index is 12.9. The number of thioether (sulfide) groups is 1. The van der Waals surface area contributed by atoms with Gasteiger partial charge in [0.15, 0.2) is 11.0 Å². The van der Waals surface area contributed by atoms with E-state index in [1.54, 1.807) is 31.4 Å². The van der Waals surface area contributed by atoms with Crippen molar-refractivity contribution in [1.82, 2.24) is 20.1 Å². The van der Waals surface area contributed by atoms with Gasteiger partial charge in [0.25, 0.3) is 5.91 Å². The number of carbonyl (C=O) groups excluding carboxylic acids is 2. The van der Waals surface area contributed by atoms with E-state index in [-0.39, 0.29) is 29.5 Å². The zero-order chi connectivity index (χ0) is 25.5. The van der Waals surface area contributed by atoms with E-state index in [9.17, 15) is 9.59 Å². The van der Waals surface area contributed by atoms with Crippen LogP contribution in [0.15, 0.2) is 47.6 Å². The maximum Gasteiger partial charge on any atom is 0.251 e. The highest BCUT2D eigenvalue weighted by atomic mass is 32.2. The predicted octanol–water partition coefficient (Wildman–Crippen LogP) is 4.78. The summed E-state index contributed by atoms with van der Waals surface area (Å²) in [5, 5.41) is 15.4. The monoisotopic (exact) mass is 495 g/mol. The normalized spacial score (nSPS) is 11.9. The number of anilines is 1. The minimum Gasteiger partial charge on any atom is -0.497 e. The second-order valence-corrected chi connectivity index (χ2v) is 9.61. The maximum absolute atomic E-state index is 12.9. The molecule has 1 heterocycles. The number of aryl methyl sites for hydroxylation is 2. The first kappa shape index (κ1) is 26.3. The first-order valence-electron chi connectivity index (χ1n) is 11.6. The molecule has 0 spiro atoms. The summed E-state index contributed by atoms with van der Waals surface area (Å²) in [4.78, 5) is 25.5. The molecule has 0 radical (unpaired) electrons. The van der Waals surface area contributed by atoms with Crippen LogP contribution in [0.25, 0.3) is 0 Å². The van der Waals surface area contributed by atoms with Crippen LogP contribution in [0, 0.1) is 19.8 Å². The molecule has 3 rings (SSSR count). The molecule has 0 saturated carbocycles. The minimum absolute atomic E-state index is 0.0807. The lowest BCUT2D eigenvalue weighted by Gasteiger charge is -2.22. The van der Waals surface area contributed by atoms with Gasteiger partial charge in [0.2, 0.25) is 5.91 Å². The molecule has 1 aromatic heterocycles. The van der Waals surface area contributed by atoms with Gasteiger partial charge >= 0.3 is 0 Å². The number of rotatable bonds is 10. The van der Waals surface area contributed by atoms with Crippen molar-refractivity contribution in [3.8, 4) is 5.75 Å². The number of methoxy groups -OCH3 is 1. The molecule has 0 fully saturated rings. The average molecular weight is 496 g/mol. The van der Waals surface area contributed by atoms with Crippen LogP contribution in [0.3, 0.4) is 0 Å². The highest BCUT2D eigenvalue weighted by molar-refractivity contribution is 7.99. The number of nitrogens with one attached hydrogen (secondary N) is 2. The zero-order valence-corrected chi connectivity index (χ0v) is 21.9. The largest absolute Gasteiger partial charge is 0.497 e. The third-order valence-corrected chi connectivity index (χ3v) is 6.61. The Morgan fingerprint density at radius 1 is 1.09 bits per heavy atom. The van der Waals surface area contributed by atoms with Crippen LogP contribution in [0.2, 0.25) is 0 Å². The molecule has 3 aromatic rings. The molecule has 1 atom stereocenters. The van der Waals surface area contributed by atoms with Gasteiger partial charge in [-0.15, -0.1) is 10.2 Å². The number of benzene rings is 2. The summed E-state index contributed by atoms with van der Waals surface area (Å²) < 4.78 is 7.12. The van der Waals surface area contributed by atoms with Gasteiger partial charge in [-0.3, -0.25) is 9.59 Å². The van der Waals surface area contributed by atoms with Crippen molar-refractivity contribution in [2.75, 3.05) is 18.2 Å². The number of hydrogen-bond acceptors (Lipinski definition) is 6. The third kappa shape index (κ3) is 6.63. The van der Waals surface area contributed by atoms with E-state index in [0.29, 0.717) is 28.8 Å². The van der Waals surface area contributed by atoms with Crippen molar-refractivity contribution < 1.29 is 14.3 Å². The fourth-order valence-electron chi connectivity index (χ4n) is 3.62. The Bertz CT molecular complexity index is 1170. The fraction of sp³-hybridized carbons (Fsp3) is 0.385. The van der Waals surface area contributed by atoms with Crippen molar-refractivity contribution in [2.45, 2.75) is 52.4 Å². The third-order valence-electron chi connectivity index (χ3n) is 5.64. The van der Waals surface area contributed by atoms with Crippen molar-refractivity contribution in [3.05, 3.63) is 65.0 Å². The van der Waals surface area contributed by atoms with Crippen LogP contribution < -0.4 is 15.4 Å². The van der Waals surface area contributed by atoms with Gasteiger partial charge in [-0.2, -0.15) is 0 Å². The van der Waals surface area contributed by atoms with Crippen molar-refractivity contribution in [2.24, 2.45) is 5.92 Å². The summed E-state index contributed by atoms with van der Waals surface area (Å²) in [5.74, 6) is 1.34. The Kier molecular flexibility index (Phi) is 8.92. The van der Waals surface area contributed by atoms with E-state index < -0.39 is 0 Å². The summed E-state index contributed by atoms with van der Waals surface area (Å²) in [6.45, 7) is 10.6. The van der Waals surface area contributed by atoms with Gasteiger partial charge in [0, 0.05) is 17.8 Å². The van der Waals surface area contributed by atoms with Crippen molar-refractivity contribution in [3.63, 3.8) is 0 Å². The van der Waals surface area contributed by atoms with E-state index in [1.165, 1.54) is 11.8 Å². The number of nitrogens with zero attached hydrogens (tertiary/aromatic N) is 3.